The quantitative estimate of drug-likeness (QED) is 0.760. The van der Waals surface area contributed by atoms with Crippen LogP contribution in [0.2, 0.25) is 0 Å². The third-order valence-corrected chi connectivity index (χ3v) is 3.14. The van der Waals surface area contributed by atoms with Gasteiger partial charge in [0.1, 0.15) is 11.4 Å². The first-order valence-corrected chi connectivity index (χ1v) is 6.30. The van der Waals surface area contributed by atoms with Crippen LogP contribution in [0.15, 0.2) is 48.5 Å². The summed E-state index contributed by atoms with van der Waals surface area (Å²) in [6.07, 6.45) is 0. The molecule has 0 aliphatic rings. The van der Waals surface area contributed by atoms with Crippen LogP contribution in [0.4, 0.5) is 0 Å². The summed E-state index contributed by atoms with van der Waals surface area (Å²) in [7, 11) is 0. The Morgan fingerprint density at radius 3 is 1.67 bits per heavy atom. The van der Waals surface area contributed by atoms with Crippen molar-refractivity contribution in [1.29, 1.82) is 0 Å². The molecule has 0 amide bonds. The normalized spacial score (nSPS) is 11.3. The van der Waals surface area contributed by atoms with Gasteiger partial charge >= 0.3 is 0 Å². The molecule has 0 saturated heterocycles. The van der Waals surface area contributed by atoms with Gasteiger partial charge in [-0.1, -0.05) is 47.5 Å². The zero-order valence-corrected chi connectivity index (χ0v) is 11.5. The Morgan fingerprint density at radius 1 is 0.722 bits per heavy atom. The molecule has 0 spiro atoms. The van der Waals surface area contributed by atoms with Crippen molar-refractivity contribution < 1.29 is 4.74 Å². The maximum absolute atomic E-state index is 6.08. The lowest BCUT2D eigenvalue weighted by molar-refractivity contribution is 0.109. The van der Waals surface area contributed by atoms with Crippen LogP contribution in [0.3, 0.4) is 0 Å². The molecule has 94 valence electrons. The molecule has 0 bridgehead atoms. The van der Waals surface area contributed by atoms with E-state index in [2.05, 4.69) is 64.1 Å². The molecular formula is C17H20O. The Morgan fingerprint density at radius 2 is 1.17 bits per heavy atom. The van der Waals surface area contributed by atoms with Gasteiger partial charge in [-0.3, -0.25) is 0 Å². The van der Waals surface area contributed by atoms with Gasteiger partial charge in [0.05, 0.1) is 0 Å². The Hall–Kier alpha value is -1.76. The molecule has 2 aromatic carbocycles. The zero-order chi connectivity index (χ0) is 13.2. The molecule has 0 heterocycles. The van der Waals surface area contributed by atoms with Crippen molar-refractivity contribution in [2.45, 2.75) is 33.3 Å². The Bertz CT molecular complexity index is 506. The molecule has 18 heavy (non-hydrogen) atoms. The van der Waals surface area contributed by atoms with Crippen molar-refractivity contribution in [3.05, 3.63) is 65.2 Å². The SMILES string of the molecule is Cc1ccc(OC(C)(C)c2ccc(C)cc2)cc1. The molecule has 0 aliphatic carbocycles. The van der Waals surface area contributed by atoms with E-state index in [9.17, 15) is 0 Å². The van der Waals surface area contributed by atoms with Gasteiger partial charge in [-0.15, -0.1) is 0 Å². The molecule has 0 aliphatic heterocycles. The van der Waals surface area contributed by atoms with E-state index in [-0.39, 0.29) is 5.60 Å². The standard InChI is InChI=1S/C17H20O/c1-13-5-9-15(10-6-13)17(3,4)18-16-11-7-14(2)8-12-16/h5-12H,1-4H3. The van der Waals surface area contributed by atoms with Gasteiger partial charge in [-0.05, 0) is 45.4 Å². The molecular weight excluding hydrogens is 220 g/mol. The lowest BCUT2D eigenvalue weighted by Crippen LogP contribution is -2.25. The molecule has 0 N–H and O–H groups in total. The average molecular weight is 240 g/mol. The molecule has 2 aromatic rings. The molecule has 1 nitrogen and oxygen atoms in total. The molecule has 2 rings (SSSR count). The van der Waals surface area contributed by atoms with E-state index in [4.69, 9.17) is 4.74 Å². The minimum absolute atomic E-state index is 0.317. The second-order valence-corrected chi connectivity index (χ2v) is 5.29. The van der Waals surface area contributed by atoms with Gasteiger partial charge in [-0.25, -0.2) is 0 Å². The fraction of sp³-hybridized carbons (Fsp3) is 0.294. The van der Waals surface area contributed by atoms with Gasteiger partial charge in [-0.2, -0.15) is 0 Å². The second-order valence-electron chi connectivity index (χ2n) is 5.29. The highest BCUT2D eigenvalue weighted by atomic mass is 16.5. The third-order valence-electron chi connectivity index (χ3n) is 3.14. The van der Waals surface area contributed by atoms with E-state index >= 15 is 0 Å². The molecule has 0 radical (unpaired) electrons. The van der Waals surface area contributed by atoms with E-state index < -0.39 is 0 Å². The van der Waals surface area contributed by atoms with E-state index in [0.717, 1.165) is 5.75 Å². The van der Waals surface area contributed by atoms with Crippen LogP contribution in [0.5, 0.6) is 5.75 Å². The fourth-order valence-corrected chi connectivity index (χ4v) is 1.91. The predicted octanol–water partition coefficient (Wildman–Crippen LogP) is 4.62. The van der Waals surface area contributed by atoms with Gasteiger partial charge in [0.2, 0.25) is 0 Å². The number of ether oxygens (including phenoxy) is 1. The minimum atomic E-state index is -0.317. The summed E-state index contributed by atoms with van der Waals surface area (Å²) in [4.78, 5) is 0. The first-order chi connectivity index (χ1) is 8.47. The summed E-state index contributed by atoms with van der Waals surface area (Å²) in [5.41, 5.74) is 3.39. The monoisotopic (exact) mass is 240 g/mol. The number of rotatable bonds is 3. The van der Waals surface area contributed by atoms with Crippen molar-refractivity contribution >= 4 is 0 Å². The summed E-state index contributed by atoms with van der Waals surface area (Å²) in [5, 5.41) is 0. The van der Waals surface area contributed by atoms with Gasteiger partial charge in [0.15, 0.2) is 0 Å². The Labute approximate surface area is 109 Å². The summed E-state index contributed by atoms with van der Waals surface area (Å²) in [6, 6.07) is 16.7. The topological polar surface area (TPSA) is 9.23 Å². The van der Waals surface area contributed by atoms with Crippen molar-refractivity contribution in [3.63, 3.8) is 0 Å². The van der Waals surface area contributed by atoms with Crippen LogP contribution >= 0.6 is 0 Å². The first-order valence-electron chi connectivity index (χ1n) is 6.30. The number of hydrogen-bond donors (Lipinski definition) is 0. The number of hydrogen-bond acceptors (Lipinski definition) is 1. The molecule has 0 aromatic heterocycles. The lowest BCUT2D eigenvalue weighted by Gasteiger charge is -2.27. The molecule has 0 saturated carbocycles. The van der Waals surface area contributed by atoms with Crippen molar-refractivity contribution in [2.24, 2.45) is 0 Å². The molecule has 0 unspecified atom stereocenters. The highest BCUT2D eigenvalue weighted by molar-refractivity contribution is 5.30. The van der Waals surface area contributed by atoms with Crippen molar-refractivity contribution in [1.82, 2.24) is 0 Å². The Balaban J connectivity index is 2.20. The summed E-state index contributed by atoms with van der Waals surface area (Å²) >= 11 is 0. The number of aryl methyl sites for hydroxylation is 2. The minimum Gasteiger partial charge on any atom is -0.483 e. The van der Waals surface area contributed by atoms with Crippen molar-refractivity contribution in [3.8, 4) is 5.75 Å². The van der Waals surface area contributed by atoms with Crippen LogP contribution in [0.1, 0.15) is 30.5 Å². The van der Waals surface area contributed by atoms with Gasteiger partial charge < -0.3 is 4.74 Å². The van der Waals surface area contributed by atoms with Crippen LogP contribution in [-0.4, -0.2) is 0 Å². The summed E-state index contributed by atoms with van der Waals surface area (Å²) in [6.45, 7) is 8.36. The van der Waals surface area contributed by atoms with Crippen LogP contribution in [-0.2, 0) is 5.60 Å². The highest BCUT2D eigenvalue weighted by Crippen LogP contribution is 2.27. The van der Waals surface area contributed by atoms with Gasteiger partial charge in [0, 0.05) is 0 Å². The smallest absolute Gasteiger partial charge is 0.128 e. The van der Waals surface area contributed by atoms with E-state index in [1.807, 2.05) is 12.1 Å². The first kappa shape index (κ1) is 12.7. The predicted molar refractivity (Wildman–Crippen MR) is 76.0 cm³/mol. The summed E-state index contributed by atoms with van der Waals surface area (Å²) in [5.74, 6) is 0.908. The highest BCUT2D eigenvalue weighted by Gasteiger charge is 2.22. The van der Waals surface area contributed by atoms with Crippen molar-refractivity contribution in [2.75, 3.05) is 0 Å². The largest absolute Gasteiger partial charge is 0.483 e. The fourth-order valence-electron chi connectivity index (χ4n) is 1.91. The summed E-state index contributed by atoms with van der Waals surface area (Å²) < 4.78 is 6.08. The van der Waals surface area contributed by atoms with Gasteiger partial charge in [0.25, 0.3) is 0 Å². The number of benzene rings is 2. The zero-order valence-electron chi connectivity index (χ0n) is 11.5. The average Bonchev–Trinajstić information content (AvgIpc) is 2.32. The Kier molecular flexibility index (Phi) is 3.42. The maximum Gasteiger partial charge on any atom is 0.128 e. The molecule has 1 heteroatoms. The van der Waals surface area contributed by atoms with Crippen LogP contribution in [0.25, 0.3) is 0 Å². The molecule has 0 atom stereocenters. The van der Waals surface area contributed by atoms with E-state index in [0.29, 0.717) is 0 Å². The van der Waals surface area contributed by atoms with Crippen LogP contribution in [0, 0.1) is 13.8 Å². The second kappa shape index (κ2) is 4.85. The third kappa shape index (κ3) is 2.92. The lowest BCUT2D eigenvalue weighted by atomic mass is 9.97. The van der Waals surface area contributed by atoms with E-state index in [1.165, 1.54) is 16.7 Å². The van der Waals surface area contributed by atoms with Crippen LogP contribution < -0.4 is 4.74 Å². The maximum atomic E-state index is 6.08. The van der Waals surface area contributed by atoms with E-state index in [1.54, 1.807) is 0 Å². The molecule has 0 fully saturated rings.